The van der Waals surface area contributed by atoms with Gasteiger partial charge in [-0.25, -0.2) is 4.68 Å². The molecule has 2 aromatic carbocycles. The van der Waals surface area contributed by atoms with E-state index in [9.17, 15) is 4.79 Å². The van der Waals surface area contributed by atoms with E-state index in [1.54, 1.807) is 10.7 Å². The standard InChI is InChI=1S/C22H21N5OS/c1-15-12-19(25-27(15)18-8-3-2-4-9-18)21(28)23-17-7-5-6-16(13-17)20-14-26-10-11-29-22(26)24-20/h2-9,12-13,20H,10-11,14H2,1H3,(H,23,28). The first kappa shape index (κ1) is 18.0. The minimum Gasteiger partial charge on any atom is -0.348 e. The van der Waals surface area contributed by atoms with E-state index in [0.29, 0.717) is 5.69 Å². The van der Waals surface area contributed by atoms with E-state index in [2.05, 4.69) is 21.4 Å². The highest BCUT2D eigenvalue weighted by Gasteiger charge is 2.30. The van der Waals surface area contributed by atoms with Crippen LogP contribution in [-0.2, 0) is 0 Å². The average Bonchev–Trinajstić information content (AvgIpc) is 3.43. The summed E-state index contributed by atoms with van der Waals surface area (Å²) in [6.45, 7) is 3.93. The van der Waals surface area contributed by atoms with E-state index in [1.165, 1.54) is 0 Å². The van der Waals surface area contributed by atoms with Crippen LogP contribution in [0, 0.1) is 6.92 Å². The van der Waals surface area contributed by atoms with E-state index in [1.807, 2.05) is 67.2 Å². The van der Waals surface area contributed by atoms with Crippen LogP contribution < -0.4 is 5.32 Å². The van der Waals surface area contributed by atoms with Crippen LogP contribution in [0.1, 0.15) is 27.8 Å². The van der Waals surface area contributed by atoms with Crippen molar-refractivity contribution in [2.45, 2.75) is 13.0 Å². The second kappa shape index (κ2) is 7.40. The monoisotopic (exact) mass is 403 g/mol. The zero-order valence-electron chi connectivity index (χ0n) is 16.1. The Hall–Kier alpha value is -3.06. The van der Waals surface area contributed by atoms with E-state index in [-0.39, 0.29) is 11.9 Å². The fraction of sp³-hybridized carbons (Fsp3) is 0.227. The number of carbonyl (C=O) groups excluding carboxylic acids is 1. The number of amidine groups is 1. The molecule has 7 heteroatoms. The molecule has 1 saturated heterocycles. The molecule has 2 aliphatic heterocycles. The van der Waals surface area contributed by atoms with Crippen molar-refractivity contribution >= 4 is 28.5 Å². The number of para-hydroxylation sites is 1. The smallest absolute Gasteiger partial charge is 0.276 e. The largest absolute Gasteiger partial charge is 0.348 e. The first-order valence-corrected chi connectivity index (χ1v) is 10.6. The number of aryl methyl sites for hydroxylation is 1. The molecule has 3 heterocycles. The second-order valence-electron chi connectivity index (χ2n) is 7.22. The van der Waals surface area contributed by atoms with Crippen LogP contribution in [0.4, 0.5) is 5.69 Å². The summed E-state index contributed by atoms with van der Waals surface area (Å²) in [6, 6.07) is 19.7. The van der Waals surface area contributed by atoms with Gasteiger partial charge in [0.05, 0.1) is 11.7 Å². The number of aromatic nitrogens is 2. The van der Waals surface area contributed by atoms with Crippen molar-refractivity contribution in [1.29, 1.82) is 0 Å². The van der Waals surface area contributed by atoms with Crippen LogP contribution in [0.5, 0.6) is 0 Å². The Morgan fingerprint density at radius 1 is 1.14 bits per heavy atom. The Kier molecular flexibility index (Phi) is 4.60. The Morgan fingerprint density at radius 3 is 2.83 bits per heavy atom. The quantitative estimate of drug-likeness (QED) is 0.718. The van der Waals surface area contributed by atoms with Crippen molar-refractivity contribution in [3.05, 3.63) is 77.6 Å². The lowest BCUT2D eigenvalue weighted by atomic mass is 10.1. The molecular formula is C22H21N5OS. The lowest BCUT2D eigenvalue weighted by Gasteiger charge is -2.13. The van der Waals surface area contributed by atoms with Crippen molar-refractivity contribution in [2.24, 2.45) is 4.99 Å². The highest BCUT2D eigenvalue weighted by molar-refractivity contribution is 8.14. The van der Waals surface area contributed by atoms with Gasteiger partial charge in [0.25, 0.3) is 5.91 Å². The first-order chi connectivity index (χ1) is 14.2. The summed E-state index contributed by atoms with van der Waals surface area (Å²) in [6.07, 6.45) is 0. The number of carbonyl (C=O) groups is 1. The topological polar surface area (TPSA) is 62.5 Å². The molecule has 1 atom stereocenters. The van der Waals surface area contributed by atoms with Crippen molar-refractivity contribution < 1.29 is 4.79 Å². The molecule has 0 saturated carbocycles. The molecule has 2 aliphatic rings. The predicted molar refractivity (Wildman–Crippen MR) is 117 cm³/mol. The normalized spacial score (nSPS) is 17.9. The number of hydrogen-bond acceptors (Lipinski definition) is 5. The lowest BCUT2D eigenvalue weighted by molar-refractivity contribution is 0.102. The third kappa shape index (κ3) is 3.53. The predicted octanol–water partition coefficient (Wildman–Crippen LogP) is 3.89. The number of nitrogens with zero attached hydrogens (tertiary/aromatic N) is 4. The first-order valence-electron chi connectivity index (χ1n) is 9.66. The molecule has 0 bridgehead atoms. The minimum absolute atomic E-state index is 0.134. The van der Waals surface area contributed by atoms with Gasteiger partial charge < -0.3 is 10.2 Å². The molecular weight excluding hydrogens is 382 g/mol. The molecule has 1 aromatic heterocycles. The van der Waals surface area contributed by atoms with E-state index in [4.69, 9.17) is 4.99 Å². The number of fused-ring (bicyclic) bond motifs is 1. The maximum Gasteiger partial charge on any atom is 0.276 e. The van der Waals surface area contributed by atoms with Gasteiger partial charge in [0.2, 0.25) is 0 Å². The summed E-state index contributed by atoms with van der Waals surface area (Å²) in [5, 5.41) is 8.62. The van der Waals surface area contributed by atoms with Crippen LogP contribution in [-0.4, -0.2) is 44.6 Å². The lowest BCUT2D eigenvalue weighted by Crippen LogP contribution is -2.21. The number of rotatable bonds is 4. The molecule has 146 valence electrons. The minimum atomic E-state index is -0.214. The second-order valence-corrected chi connectivity index (χ2v) is 8.28. The van der Waals surface area contributed by atoms with Crippen molar-refractivity contribution in [1.82, 2.24) is 14.7 Å². The maximum atomic E-state index is 12.8. The molecule has 5 rings (SSSR count). The number of nitrogens with one attached hydrogen (secondary N) is 1. The highest BCUT2D eigenvalue weighted by Crippen LogP contribution is 2.33. The molecule has 1 fully saturated rings. The van der Waals surface area contributed by atoms with Gasteiger partial charge in [-0.3, -0.25) is 9.79 Å². The molecule has 0 radical (unpaired) electrons. The fourth-order valence-electron chi connectivity index (χ4n) is 3.72. The summed E-state index contributed by atoms with van der Waals surface area (Å²) >= 11 is 1.82. The summed E-state index contributed by atoms with van der Waals surface area (Å²) in [5.74, 6) is 0.908. The van der Waals surface area contributed by atoms with Gasteiger partial charge in [0.1, 0.15) is 0 Å². The molecule has 0 aliphatic carbocycles. The number of hydrogen-bond donors (Lipinski definition) is 1. The van der Waals surface area contributed by atoms with Crippen LogP contribution >= 0.6 is 11.8 Å². The summed E-state index contributed by atoms with van der Waals surface area (Å²) in [7, 11) is 0. The molecule has 3 aromatic rings. The Balaban J connectivity index is 1.33. The Labute approximate surface area is 173 Å². The van der Waals surface area contributed by atoms with Crippen LogP contribution in [0.3, 0.4) is 0 Å². The summed E-state index contributed by atoms with van der Waals surface area (Å²) in [4.78, 5) is 19.9. The van der Waals surface area contributed by atoms with Gasteiger partial charge in [-0.05, 0) is 42.8 Å². The van der Waals surface area contributed by atoms with Gasteiger partial charge in [-0.1, -0.05) is 42.1 Å². The number of amides is 1. The third-order valence-electron chi connectivity index (χ3n) is 5.17. The van der Waals surface area contributed by atoms with Crippen molar-refractivity contribution in [3.63, 3.8) is 0 Å². The van der Waals surface area contributed by atoms with Gasteiger partial charge in [-0.2, -0.15) is 5.10 Å². The fourth-order valence-corrected chi connectivity index (χ4v) is 4.76. The van der Waals surface area contributed by atoms with Gasteiger partial charge >= 0.3 is 0 Å². The van der Waals surface area contributed by atoms with Crippen molar-refractivity contribution in [3.8, 4) is 5.69 Å². The van der Waals surface area contributed by atoms with E-state index >= 15 is 0 Å². The third-order valence-corrected chi connectivity index (χ3v) is 6.18. The number of anilines is 1. The van der Waals surface area contributed by atoms with E-state index < -0.39 is 0 Å². The van der Waals surface area contributed by atoms with Crippen LogP contribution in [0.25, 0.3) is 5.69 Å². The van der Waals surface area contributed by atoms with E-state index in [0.717, 1.165) is 46.6 Å². The van der Waals surface area contributed by atoms with Gasteiger partial charge in [0.15, 0.2) is 10.9 Å². The SMILES string of the molecule is Cc1cc(C(=O)Nc2cccc(C3CN4CCSC4=N3)c2)nn1-c1ccccc1. The molecule has 1 unspecified atom stereocenters. The summed E-state index contributed by atoms with van der Waals surface area (Å²) < 4.78 is 1.78. The highest BCUT2D eigenvalue weighted by atomic mass is 32.2. The maximum absolute atomic E-state index is 12.8. The molecule has 1 N–H and O–H groups in total. The molecule has 0 spiro atoms. The molecule has 1 amide bonds. The summed E-state index contributed by atoms with van der Waals surface area (Å²) in [5.41, 5.74) is 4.13. The van der Waals surface area contributed by atoms with Crippen LogP contribution in [0.2, 0.25) is 0 Å². The van der Waals surface area contributed by atoms with Crippen LogP contribution in [0.15, 0.2) is 65.7 Å². The van der Waals surface area contributed by atoms with Gasteiger partial charge in [0, 0.05) is 30.2 Å². The van der Waals surface area contributed by atoms with Crippen molar-refractivity contribution in [2.75, 3.05) is 24.2 Å². The Morgan fingerprint density at radius 2 is 2.00 bits per heavy atom. The van der Waals surface area contributed by atoms with Gasteiger partial charge in [-0.15, -0.1) is 0 Å². The number of benzene rings is 2. The zero-order chi connectivity index (χ0) is 19.8. The molecule has 29 heavy (non-hydrogen) atoms. The molecule has 6 nitrogen and oxygen atoms in total. The number of aliphatic imine (C=N–C) groups is 1. The average molecular weight is 404 g/mol. The zero-order valence-corrected chi connectivity index (χ0v) is 16.9. The number of thioether (sulfide) groups is 1. The Bertz CT molecular complexity index is 1090.